The van der Waals surface area contributed by atoms with Crippen LogP contribution in [0.4, 0.5) is 8.78 Å². The molecule has 2 aliphatic heterocycles. The van der Waals surface area contributed by atoms with Gasteiger partial charge in [-0.1, -0.05) is 36.4 Å². The number of likely N-dealkylation sites (tertiary alicyclic amines) is 1. The van der Waals surface area contributed by atoms with Gasteiger partial charge in [0.15, 0.2) is 11.5 Å². The van der Waals surface area contributed by atoms with Gasteiger partial charge in [0.25, 0.3) is 12.3 Å². The Balaban J connectivity index is 1.39. The van der Waals surface area contributed by atoms with Crippen molar-refractivity contribution in [3.63, 3.8) is 0 Å². The predicted molar refractivity (Wildman–Crippen MR) is 154 cm³/mol. The number of hydrogen-bond acceptors (Lipinski definition) is 6. The van der Waals surface area contributed by atoms with E-state index in [9.17, 15) is 23.2 Å². The average molecular weight is 594 g/mol. The van der Waals surface area contributed by atoms with Gasteiger partial charge in [0.1, 0.15) is 18.0 Å². The van der Waals surface area contributed by atoms with Gasteiger partial charge >= 0.3 is 0 Å². The van der Waals surface area contributed by atoms with E-state index in [-0.39, 0.29) is 56.2 Å². The number of aryl methyl sites for hydroxylation is 1. The molecule has 0 radical (unpaired) electrons. The molecule has 2 aliphatic rings. The van der Waals surface area contributed by atoms with Gasteiger partial charge in [0.2, 0.25) is 11.8 Å². The van der Waals surface area contributed by atoms with Crippen LogP contribution in [0, 0.1) is 5.92 Å². The van der Waals surface area contributed by atoms with Crippen LogP contribution in [0.1, 0.15) is 39.7 Å². The van der Waals surface area contributed by atoms with Crippen LogP contribution in [0.2, 0.25) is 0 Å². The third kappa shape index (κ3) is 6.68. The highest BCUT2D eigenvalue weighted by molar-refractivity contribution is 5.93. The molecule has 0 spiro atoms. The molecule has 43 heavy (non-hydrogen) atoms. The molecule has 3 aromatic rings. The number of methoxy groups -OCH3 is 1. The Morgan fingerprint density at radius 3 is 2.56 bits per heavy atom. The highest BCUT2D eigenvalue weighted by Gasteiger charge is 2.40. The monoisotopic (exact) mass is 593 g/mol. The molecule has 3 heterocycles. The molecule has 226 valence electrons. The summed E-state index contributed by atoms with van der Waals surface area (Å²) in [5, 5.41) is 6.66. The molecule has 0 unspecified atom stereocenters. The zero-order chi connectivity index (χ0) is 30.5. The fraction of sp³-hybridized carbons (Fsp3) is 0.355. The molecule has 12 heteroatoms. The molecule has 1 saturated heterocycles. The molecule has 5 rings (SSSR count). The van der Waals surface area contributed by atoms with Crippen molar-refractivity contribution < 1.29 is 32.6 Å². The third-order valence-electron chi connectivity index (χ3n) is 7.73. The minimum absolute atomic E-state index is 0.000843. The van der Waals surface area contributed by atoms with E-state index >= 15 is 0 Å². The second kappa shape index (κ2) is 13.1. The molecule has 10 nitrogen and oxygen atoms in total. The van der Waals surface area contributed by atoms with Gasteiger partial charge in [-0.25, -0.2) is 8.78 Å². The molecule has 3 amide bonds. The van der Waals surface area contributed by atoms with Crippen molar-refractivity contribution in [2.45, 2.75) is 12.3 Å². The molecule has 2 aromatic carbocycles. The van der Waals surface area contributed by atoms with Crippen molar-refractivity contribution in [1.82, 2.24) is 24.9 Å². The number of ether oxygens (including phenoxy) is 2. The van der Waals surface area contributed by atoms with Crippen LogP contribution in [0.5, 0.6) is 11.5 Å². The Morgan fingerprint density at radius 1 is 1.07 bits per heavy atom. The Labute approximate surface area is 247 Å². The van der Waals surface area contributed by atoms with E-state index in [1.54, 1.807) is 23.1 Å². The summed E-state index contributed by atoms with van der Waals surface area (Å²) in [5.41, 5.74) is 1.22. The van der Waals surface area contributed by atoms with Gasteiger partial charge in [0.05, 0.1) is 19.6 Å². The molecule has 2 atom stereocenters. The fourth-order valence-corrected chi connectivity index (χ4v) is 5.45. The molecule has 1 aromatic heterocycles. The molecular weight excluding hydrogens is 560 g/mol. The second-order valence-corrected chi connectivity index (χ2v) is 10.4. The summed E-state index contributed by atoms with van der Waals surface area (Å²) in [4.78, 5) is 43.1. The Kier molecular flexibility index (Phi) is 9.03. The Hall–Kier alpha value is -4.74. The minimum atomic E-state index is -2.81. The largest absolute Gasteiger partial charge is 0.493 e. The van der Waals surface area contributed by atoms with Gasteiger partial charge in [0, 0.05) is 45.2 Å². The maximum Gasteiger partial charge on any atom is 0.282 e. The van der Waals surface area contributed by atoms with Crippen LogP contribution in [0.15, 0.2) is 60.7 Å². The number of halogens is 2. The zero-order valence-corrected chi connectivity index (χ0v) is 23.9. The number of alkyl halides is 2. The first-order valence-electron chi connectivity index (χ1n) is 14.0. The Bertz CT molecular complexity index is 1510. The lowest BCUT2D eigenvalue weighted by Crippen LogP contribution is -2.43. The smallest absolute Gasteiger partial charge is 0.282 e. The Morgan fingerprint density at radius 2 is 1.84 bits per heavy atom. The van der Waals surface area contributed by atoms with Crippen molar-refractivity contribution in [2.24, 2.45) is 13.0 Å². The van der Waals surface area contributed by atoms with E-state index in [0.717, 1.165) is 21.9 Å². The summed E-state index contributed by atoms with van der Waals surface area (Å²) in [5.74, 6) is -0.920. The van der Waals surface area contributed by atoms with Crippen molar-refractivity contribution in [3.05, 3.63) is 83.2 Å². The van der Waals surface area contributed by atoms with Crippen LogP contribution in [0.3, 0.4) is 0 Å². The second-order valence-electron chi connectivity index (χ2n) is 10.4. The molecule has 0 aliphatic carbocycles. The van der Waals surface area contributed by atoms with Gasteiger partial charge in [-0.3, -0.25) is 19.1 Å². The molecule has 1 N–H and O–H groups in total. The molecule has 0 saturated carbocycles. The number of aromatic nitrogens is 2. The SMILES string of the molecule is COc1ccc2cc1OCCN(C(=O)c1cc(C(F)F)nn1C)CCNC(=O)[C@H]1CN(C(=O)C=Cc3ccccc3)C[C@H]21. The number of benzene rings is 2. The number of carbonyl (C=O) groups excluding carboxylic acids is 3. The lowest BCUT2D eigenvalue weighted by Gasteiger charge is -2.23. The number of nitrogens with zero attached hydrogens (tertiary/aromatic N) is 4. The first kappa shape index (κ1) is 29.7. The first-order chi connectivity index (χ1) is 20.7. The van der Waals surface area contributed by atoms with E-state index in [4.69, 9.17) is 9.47 Å². The number of fused-ring (bicyclic) bond motifs is 4. The van der Waals surface area contributed by atoms with Crippen molar-refractivity contribution in [2.75, 3.05) is 46.4 Å². The van der Waals surface area contributed by atoms with Gasteiger partial charge in [-0.15, -0.1) is 0 Å². The number of carbonyl (C=O) groups is 3. The standard InChI is InChI=1S/C31H33F2N5O5/c1-36-25(17-24(35-36)29(32)33)31(41)37-13-12-34-30(40)23-19-38(28(39)11-8-20-6-4-3-5-7-20)18-22(23)21-9-10-26(42-2)27(16-21)43-15-14-37/h3-11,16-17,22-23,29H,12-15,18-19H2,1-2H3,(H,34,40)/t22-,23+/m1/s1. The topological polar surface area (TPSA) is 106 Å². The summed E-state index contributed by atoms with van der Waals surface area (Å²) >= 11 is 0. The van der Waals surface area contributed by atoms with Gasteiger partial charge in [-0.05, 0) is 35.4 Å². The van der Waals surface area contributed by atoms with Gasteiger partial charge < -0.3 is 24.6 Å². The fourth-order valence-electron chi connectivity index (χ4n) is 5.45. The summed E-state index contributed by atoms with van der Waals surface area (Å²) in [7, 11) is 2.94. The van der Waals surface area contributed by atoms with E-state index in [1.807, 2.05) is 36.4 Å². The van der Waals surface area contributed by atoms with Gasteiger partial charge in [-0.2, -0.15) is 5.10 Å². The summed E-state index contributed by atoms with van der Waals surface area (Å²) in [6, 6.07) is 16.0. The van der Waals surface area contributed by atoms with E-state index in [1.165, 1.54) is 25.1 Å². The van der Waals surface area contributed by atoms with Crippen molar-refractivity contribution in [1.29, 1.82) is 0 Å². The van der Waals surface area contributed by atoms with Crippen LogP contribution in [0.25, 0.3) is 6.08 Å². The van der Waals surface area contributed by atoms with Crippen molar-refractivity contribution >= 4 is 23.8 Å². The number of nitrogens with one attached hydrogen (secondary N) is 1. The average Bonchev–Trinajstić information content (AvgIpc) is 3.63. The highest BCUT2D eigenvalue weighted by atomic mass is 19.3. The summed E-state index contributed by atoms with van der Waals surface area (Å²) in [6.45, 7) is 0.986. The quantitative estimate of drug-likeness (QED) is 0.456. The normalized spacial score (nSPS) is 19.2. The molecule has 1 fully saturated rings. The zero-order valence-electron chi connectivity index (χ0n) is 23.9. The summed E-state index contributed by atoms with van der Waals surface area (Å²) in [6.07, 6.45) is 0.438. The maximum atomic E-state index is 13.5. The predicted octanol–water partition coefficient (Wildman–Crippen LogP) is 3.27. The lowest BCUT2D eigenvalue weighted by molar-refractivity contribution is -0.126. The van der Waals surface area contributed by atoms with E-state index < -0.39 is 23.9 Å². The number of rotatable bonds is 5. The van der Waals surface area contributed by atoms with E-state index in [0.29, 0.717) is 18.0 Å². The molecule has 2 bridgehead atoms. The van der Waals surface area contributed by atoms with E-state index in [2.05, 4.69) is 10.4 Å². The highest BCUT2D eigenvalue weighted by Crippen LogP contribution is 2.38. The minimum Gasteiger partial charge on any atom is -0.493 e. The van der Waals surface area contributed by atoms with Crippen LogP contribution in [-0.4, -0.2) is 83.7 Å². The third-order valence-corrected chi connectivity index (χ3v) is 7.73. The summed E-state index contributed by atoms with van der Waals surface area (Å²) < 4.78 is 39.1. The van der Waals surface area contributed by atoms with Crippen LogP contribution < -0.4 is 14.8 Å². The first-order valence-corrected chi connectivity index (χ1v) is 14.0. The van der Waals surface area contributed by atoms with Crippen molar-refractivity contribution in [3.8, 4) is 11.5 Å². The number of amides is 3. The maximum absolute atomic E-state index is 13.5. The molecular formula is C31H33F2N5O5. The van der Waals surface area contributed by atoms with Crippen LogP contribution in [-0.2, 0) is 16.6 Å². The number of hydrogen-bond donors (Lipinski definition) is 1. The lowest BCUT2D eigenvalue weighted by atomic mass is 9.88. The van der Waals surface area contributed by atoms with Crippen LogP contribution >= 0.6 is 0 Å².